The van der Waals surface area contributed by atoms with Gasteiger partial charge >= 0.3 is 0 Å². The van der Waals surface area contributed by atoms with Crippen LogP contribution in [0.4, 0.5) is 4.39 Å². The third-order valence-electron chi connectivity index (χ3n) is 1.90. The minimum absolute atomic E-state index is 0.00838. The monoisotopic (exact) mass is 221 g/mol. The van der Waals surface area contributed by atoms with Gasteiger partial charge in [0.2, 0.25) is 10.0 Å². The van der Waals surface area contributed by atoms with Gasteiger partial charge in [0.25, 0.3) is 0 Å². The molecule has 2 N–H and O–H groups in total. The Morgan fingerprint density at radius 3 is 2.43 bits per heavy atom. The van der Waals surface area contributed by atoms with Crippen molar-refractivity contribution < 1.29 is 12.8 Å². The van der Waals surface area contributed by atoms with Crippen molar-refractivity contribution in [2.45, 2.75) is 25.3 Å². The highest BCUT2D eigenvalue weighted by Gasteiger charge is 2.20. The molecule has 0 bridgehead atoms. The van der Waals surface area contributed by atoms with E-state index in [0.29, 0.717) is 11.4 Å². The van der Waals surface area contributed by atoms with E-state index in [2.05, 4.69) is 5.10 Å². The van der Waals surface area contributed by atoms with Crippen LogP contribution in [0.3, 0.4) is 0 Å². The minimum Gasteiger partial charge on any atom is -0.266 e. The summed E-state index contributed by atoms with van der Waals surface area (Å²) >= 11 is 0. The van der Waals surface area contributed by atoms with Gasteiger partial charge in [-0.15, -0.1) is 0 Å². The Hall–Kier alpha value is -0.950. The van der Waals surface area contributed by atoms with Crippen molar-refractivity contribution in [3.63, 3.8) is 0 Å². The number of nitrogens with two attached hydrogens (primary N) is 1. The highest BCUT2D eigenvalue weighted by atomic mass is 32.2. The van der Waals surface area contributed by atoms with Crippen LogP contribution >= 0.6 is 0 Å². The van der Waals surface area contributed by atoms with E-state index in [0.717, 1.165) is 0 Å². The first-order chi connectivity index (χ1) is 6.38. The Bertz CT molecular complexity index is 438. The Morgan fingerprint density at radius 1 is 1.50 bits per heavy atom. The molecule has 0 aromatic carbocycles. The molecule has 0 radical (unpaired) electrons. The van der Waals surface area contributed by atoms with Crippen LogP contribution in [-0.2, 0) is 16.6 Å². The summed E-state index contributed by atoms with van der Waals surface area (Å²) in [6, 6.07) is 0. The molecule has 0 saturated carbocycles. The van der Waals surface area contributed by atoms with Crippen LogP contribution in [0.2, 0.25) is 0 Å². The molecule has 0 aliphatic rings. The molecule has 0 spiro atoms. The van der Waals surface area contributed by atoms with Crippen LogP contribution in [-0.4, -0.2) is 24.9 Å². The lowest BCUT2D eigenvalue weighted by Gasteiger charge is -2.00. The van der Waals surface area contributed by atoms with Crippen LogP contribution in [0, 0.1) is 13.8 Å². The van der Waals surface area contributed by atoms with E-state index in [4.69, 9.17) is 5.14 Å². The highest BCUT2D eigenvalue weighted by Crippen LogP contribution is 2.17. The lowest BCUT2D eigenvalue weighted by Crippen LogP contribution is -2.14. The van der Waals surface area contributed by atoms with Crippen molar-refractivity contribution in [3.8, 4) is 0 Å². The van der Waals surface area contributed by atoms with Gasteiger partial charge in [-0.3, -0.25) is 4.68 Å². The fourth-order valence-electron chi connectivity index (χ4n) is 1.39. The van der Waals surface area contributed by atoms with Gasteiger partial charge in [0.05, 0.1) is 17.9 Å². The van der Waals surface area contributed by atoms with E-state index in [9.17, 15) is 12.8 Å². The number of sulfonamides is 1. The summed E-state index contributed by atoms with van der Waals surface area (Å²) in [5, 5.41) is 8.88. The van der Waals surface area contributed by atoms with Crippen LogP contribution in [0.1, 0.15) is 11.4 Å². The topological polar surface area (TPSA) is 78.0 Å². The number of primary sulfonamides is 1. The molecule has 0 unspecified atom stereocenters. The SMILES string of the molecule is Cc1nn(CCF)c(C)c1S(N)(=O)=O. The highest BCUT2D eigenvalue weighted by molar-refractivity contribution is 7.89. The predicted molar refractivity (Wildman–Crippen MR) is 49.0 cm³/mol. The molecular weight excluding hydrogens is 209 g/mol. The number of aryl methyl sites for hydroxylation is 2. The molecule has 1 rings (SSSR count). The van der Waals surface area contributed by atoms with Gasteiger partial charge in [-0.1, -0.05) is 0 Å². The van der Waals surface area contributed by atoms with Crippen molar-refractivity contribution >= 4 is 10.0 Å². The van der Waals surface area contributed by atoms with Crippen LogP contribution in [0.25, 0.3) is 0 Å². The van der Waals surface area contributed by atoms with Gasteiger partial charge in [-0.05, 0) is 13.8 Å². The Balaban J connectivity index is 3.32. The number of hydrogen-bond donors (Lipinski definition) is 1. The van der Waals surface area contributed by atoms with Crippen molar-refractivity contribution in [3.05, 3.63) is 11.4 Å². The summed E-state index contributed by atoms with van der Waals surface area (Å²) in [4.78, 5) is -0.00838. The largest absolute Gasteiger partial charge is 0.266 e. The molecule has 0 amide bonds. The summed E-state index contributed by atoms with van der Waals surface area (Å²) in [5.74, 6) is 0. The fourth-order valence-corrected chi connectivity index (χ4v) is 2.36. The van der Waals surface area contributed by atoms with Gasteiger partial charge in [0.1, 0.15) is 11.6 Å². The second-order valence-electron chi connectivity index (χ2n) is 2.96. The maximum atomic E-state index is 12.1. The van der Waals surface area contributed by atoms with E-state index < -0.39 is 16.7 Å². The summed E-state index contributed by atoms with van der Waals surface area (Å²) < 4.78 is 35.6. The molecular formula is C7H12FN3O2S. The number of alkyl halides is 1. The Kier molecular flexibility index (Phi) is 2.91. The Morgan fingerprint density at radius 2 is 2.07 bits per heavy atom. The van der Waals surface area contributed by atoms with Gasteiger partial charge in [-0.2, -0.15) is 5.10 Å². The molecule has 0 aliphatic carbocycles. The zero-order chi connectivity index (χ0) is 10.9. The maximum Gasteiger partial charge on any atom is 0.241 e. The van der Waals surface area contributed by atoms with Crippen LogP contribution in [0.5, 0.6) is 0 Å². The van der Waals surface area contributed by atoms with Gasteiger partial charge in [-0.25, -0.2) is 17.9 Å². The van der Waals surface area contributed by atoms with E-state index in [1.807, 2.05) is 0 Å². The fraction of sp³-hybridized carbons (Fsp3) is 0.571. The maximum absolute atomic E-state index is 12.1. The van der Waals surface area contributed by atoms with Crippen molar-refractivity contribution in [1.29, 1.82) is 0 Å². The van der Waals surface area contributed by atoms with E-state index in [-0.39, 0.29) is 11.4 Å². The molecule has 0 fully saturated rings. The van der Waals surface area contributed by atoms with E-state index >= 15 is 0 Å². The van der Waals surface area contributed by atoms with Gasteiger partial charge in [0.15, 0.2) is 0 Å². The number of aromatic nitrogens is 2. The standard InChI is InChI=1S/C7H12FN3O2S/c1-5-7(14(9,12)13)6(2)11(10-5)4-3-8/h3-4H2,1-2H3,(H2,9,12,13). The third-order valence-corrected chi connectivity index (χ3v) is 3.06. The average Bonchev–Trinajstić information content (AvgIpc) is 2.26. The molecule has 0 atom stereocenters. The van der Waals surface area contributed by atoms with Gasteiger partial charge in [0, 0.05) is 0 Å². The molecule has 80 valence electrons. The summed E-state index contributed by atoms with van der Waals surface area (Å²) in [6.45, 7) is 2.53. The molecule has 1 aromatic heterocycles. The van der Waals surface area contributed by atoms with E-state index in [1.165, 1.54) is 11.6 Å². The smallest absolute Gasteiger partial charge is 0.241 e. The molecule has 7 heteroatoms. The normalized spacial score (nSPS) is 12.0. The first-order valence-electron chi connectivity index (χ1n) is 4.00. The average molecular weight is 221 g/mol. The molecule has 1 aromatic rings. The number of halogens is 1. The second kappa shape index (κ2) is 3.66. The zero-order valence-electron chi connectivity index (χ0n) is 7.99. The first-order valence-corrected chi connectivity index (χ1v) is 5.55. The van der Waals surface area contributed by atoms with E-state index in [1.54, 1.807) is 6.92 Å². The van der Waals surface area contributed by atoms with Crippen LogP contribution in [0.15, 0.2) is 4.90 Å². The number of nitrogens with zero attached hydrogens (tertiary/aromatic N) is 2. The lowest BCUT2D eigenvalue weighted by molar-refractivity contribution is 0.421. The lowest BCUT2D eigenvalue weighted by atomic mass is 10.4. The van der Waals surface area contributed by atoms with Crippen molar-refractivity contribution in [2.24, 2.45) is 5.14 Å². The third kappa shape index (κ3) is 1.93. The molecule has 14 heavy (non-hydrogen) atoms. The molecule has 5 nitrogen and oxygen atoms in total. The first kappa shape index (κ1) is 11.1. The summed E-state index contributed by atoms with van der Waals surface area (Å²) in [7, 11) is -3.77. The Labute approximate surface area is 81.8 Å². The number of rotatable bonds is 3. The molecule has 0 saturated heterocycles. The summed E-state index contributed by atoms with van der Waals surface area (Å²) in [6.07, 6.45) is 0. The zero-order valence-corrected chi connectivity index (χ0v) is 8.81. The second-order valence-corrected chi connectivity index (χ2v) is 4.46. The molecule has 1 heterocycles. The van der Waals surface area contributed by atoms with Crippen LogP contribution < -0.4 is 5.14 Å². The summed E-state index contributed by atoms with van der Waals surface area (Å²) in [5.41, 5.74) is 0.682. The molecule has 0 aliphatic heterocycles. The van der Waals surface area contributed by atoms with Crippen molar-refractivity contribution in [1.82, 2.24) is 9.78 Å². The minimum atomic E-state index is -3.77. The van der Waals surface area contributed by atoms with Gasteiger partial charge < -0.3 is 0 Å². The predicted octanol–water partition coefficient (Wildman–Crippen LogP) is 0.117. The van der Waals surface area contributed by atoms with Crippen molar-refractivity contribution in [2.75, 3.05) is 6.67 Å². The number of hydrogen-bond acceptors (Lipinski definition) is 3. The quantitative estimate of drug-likeness (QED) is 0.787.